The molecule has 0 aliphatic rings. The van der Waals surface area contributed by atoms with Gasteiger partial charge in [-0.3, -0.25) is 9.59 Å². The van der Waals surface area contributed by atoms with Crippen LogP contribution < -0.4 is 21.5 Å². The van der Waals surface area contributed by atoms with Gasteiger partial charge in [0.05, 0.1) is 6.04 Å². The van der Waals surface area contributed by atoms with Crippen LogP contribution in [0.4, 0.5) is 23.0 Å². The fourth-order valence-electron chi connectivity index (χ4n) is 1.97. The van der Waals surface area contributed by atoms with Gasteiger partial charge in [-0.2, -0.15) is 0 Å². The quantitative estimate of drug-likeness (QED) is 0.388. The second-order valence-corrected chi connectivity index (χ2v) is 5.77. The molecule has 1 atom stereocenters. The topological polar surface area (TPSA) is 145 Å². The Labute approximate surface area is 156 Å². The van der Waals surface area contributed by atoms with E-state index < -0.39 is 6.04 Å². The Kier molecular flexibility index (Phi) is 6.95. The van der Waals surface area contributed by atoms with Crippen LogP contribution in [-0.2, 0) is 9.59 Å². The van der Waals surface area contributed by atoms with Crippen LogP contribution in [0.1, 0.15) is 26.7 Å². The van der Waals surface area contributed by atoms with Gasteiger partial charge in [-0.25, -0.2) is 4.98 Å². The molecule has 2 aromatic rings. The molecule has 0 aliphatic carbocycles. The van der Waals surface area contributed by atoms with Crippen LogP contribution in [0.3, 0.4) is 0 Å². The lowest BCUT2D eigenvalue weighted by atomic mass is 10.3. The van der Waals surface area contributed by atoms with Gasteiger partial charge in [0.15, 0.2) is 11.6 Å². The smallest absolute Gasteiger partial charge is 0.311 e. The number of para-hydroxylation sites is 1. The molecule has 0 fully saturated rings. The van der Waals surface area contributed by atoms with E-state index in [1.165, 1.54) is 6.07 Å². The molecule has 5 N–H and O–H groups in total. The molecular formula is C18H22N6O3. The largest absolute Gasteiger partial charge is 0.424 e. The van der Waals surface area contributed by atoms with Crippen molar-refractivity contribution in [1.29, 1.82) is 0 Å². The number of azo groups is 1. The van der Waals surface area contributed by atoms with Gasteiger partial charge in [0.1, 0.15) is 17.2 Å². The van der Waals surface area contributed by atoms with Crippen molar-refractivity contribution < 1.29 is 14.3 Å². The van der Waals surface area contributed by atoms with Gasteiger partial charge in [0.25, 0.3) is 0 Å². The van der Waals surface area contributed by atoms with E-state index >= 15 is 0 Å². The second-order valence-electron chi connectivity index (χ2n) is 5.77. The first-order valence-corrected chi connectivity index (χ1v) is 8.45. The third-order valence-corrected chi connectivity index (χ3v) is 3.38. The number of benzene rings is 1. The number of hydrogen-bond donors (Lipinski definition) is 3. The normalized spacial score (nSPS) is 12.0. The van der Waals surface area contributed by atoms with Crippen molar-refractivity contribution in [3.05, 3.63) is 36.4 Å². The fourth-order valence-corrected chi connectivity index (χ4v) is 1.97. The summed E-state index contributed by atoms with van der Waals surface area (Å²) in [5.74, 6) is -0.0500. The number of aromatic nitrogens is 1. The summed E-state index contributed by atoms with van der Waals surface area (Å²) in [5, 5.41) is 10.7. The Morgan fingerprint density at radius 1 is 1.19 bits per heavy atom. The lowest BCUT2D eigenvalue weighted by Gasteiger charge is -2.08. The summed E-state index contributed by atoms with van der Waals surface area (Å²) in [6, 6.07) is 9.22. The highest BCUT2D eigenvalue weighted by Crippen LogP contribution is 2.30. The van der Waals surface area contributed by atoms with Crippen molar-refractivity contribution >= 4 is 34.9 Å². The first-order valence-electron chi connectivity index (χ1n) is 8.45. The number of carbonyl (C=O) groups is 2. The van der Waals surface area contributed by atoms with Gasteiger partial charge < -0.3 is 21.5 Å². The fraction of sp³-hybridized carbons (Fsp3) is 0.278. The Morgan fingerprint density at radius 3 is 2.56 bits per heavy atom. The second kappa shape index (κ2) is 9.39. The Hall–Kier alpha value is -3.33. The molecule has 0 spiro atoms. The predicted octanol–water partition coefficient (Wildman–Crippen LogP) is 3.07. The van der Waals surface area contributed by atoms with Crippen molar-refractivity contribution in [3.8, 4) is 5.75 Å². The zero-order valence-corrected chi connectivity index (χ0v) is 15.2. The highest BCUT2D eigenvalue weighted by atomic mass is 16.5. The molecule has 0 aliphatic heterocycles. The molecule has 0 unspecified atom stereocenters. The maximum absolute atomic E-state index is 11.7. The maximum atomic E-state index is 11.7. The van der Waals surface area contributed by atoms with Gasteiger partial charge in [0.2, 0.25) is 5.91 Å². The van der Waals surface area contributed by atoms with Crippen LogP contribution in [0.2, 0.25) is 0 Å². The predicted molar refractivity (Wildman–Crippen MR) is 102 cm³/mol. The zero-order valence-electron chi connectivity index (χ0n) is 15.2. The number of nitrogens with two attached hydrogens (primary N) is 2. The average Bonchev–Trinajstić information content (AvgIpc) is 2.62. The van der Waals surface area contributed by atoms with Gasteiger partial charge in [-0.15, -0.1) is 10.2 Å². The highest BCUT2D eigenvalue weighted by molar-refractivity contribution is 5.93. The minimum atomic E-state index is -0.667. The molecule has 9 heteroatoms. The van der Waals surface area contributed by atoms with Gasteiger partial charge >= 0.3 is 5.97 Å². The number of nitrogen functional groups attached to an aromatic ring is 1. The number of nitrogens with one attached hydrogen (secondary N) is 1. The van der Waals surface area contributed by atoms with Crippen molar-refractivity contribution in [2.24, 2.45) is 16.0 Å². The number of rotatable bonds is 7. The summed E-state index contributed by atoms with van der Waals surface area (Å²) in [6.07, 6.45) is 1.01. The first-order chi connectivity index (χ1) is 12.9. The van der Waals surface area contributed by atoms with E-state index in [0.29, 0.717) is 30.0 Å². The monoisotopic (exact) mass is 370 g/mol. The Bertz CT molecular complexity index is 851. The summed E-state index contributed by atoms with van der Waals surface area (Å²) in [7, 11) is 0. The molecule has 0 bridgehead atoms. The van der Waals surface area contributed by atoms with E-state index in [0.717, 1.165) is 0 Å². The van der Waals surface area contributed by atoms with Crippen LogP contribution in [-0.4, -0.2) is 22.9 Å². The number of pyridine rings is 1. The van der Waals surface area contributed by atoms with Crippen molar-refractivity contribution in [2.75, 3.05) is 11.1 Å². The average molecular weight is 370 g/mol. The summed E-state index contributed by atoms with van der Waals surface area (Å²) in [5.41, 5.74) is 12.0. The summed E-state index contributed by atoms with van der Waals surface area (Å²) >= 11 is 0. The van der Waals surface area contributed by atoms with E-state index in [9.17, 15) is 9.59 Å². The third kappa shape index (κ3) is 5.86. The minimum Gasteiger partial charge on any atom is -0.424 e. The van der Waals surface area contributed by atoms with E-state index in [2.05, 4.69) is 20.5 Å². The zero-order chi connectivity index (χ0) is 19.8. The van der Waals surface area contributed by atoms with Crippen molar-refractivity contribution in [1.82, 2.24) is 4.98 Å². The maximum Gasteiger partial charge on any atom is 0.311 e. The number of esters is 1. The molecule has 1 amide bonds. The molecule has 27 heavy (non-hydrogen) atoms. The van der Waals surface area contributed by atoms with Gasteiger partial charge in [-0.1, -0.05) is 19.1 Å². The molecule has 1 heterocycles. The van der Waals surface area contributed by atoms with Crippen molar-refractivity contribution in [3.63, 3.8) is 0 Å². The summed E-state index contributed by atoms with van der Waals surface area (Å²) < 4.78 is 5.29. The van der Waals surface area contributed by atoms with Crippen LogP contribution in [0.15, 0.2) is 46.6 Å². The Balaban J connectivity index is 2.16. The SMILES string of the molecule is CCCC(=O)Oc1ccccc1/N=N/c1ccc(NC(=O)[C@H](C)N)nc1N. The van der Waals surface area contributed by atoms with Crippen LogP contribution in [0.5, 0.6) is 5.75 Å². The summed E-state index contributed by atoms with van der Waals surface area (Å²) in [6.45, 7) is 3.45. The highest BCUT2D eigenvalue weighted by Gasteiger charge is 2.11. The molecule has 0 saturated carbocycles. The Morgan fingerprint density at radius 2 is 1.89 bits per heavy atom. The van der Waals surface area contributed by atoms with Crippen LogP contribution in [0.25, 0.3) is 0 Å². The number of hydrogen-bond acceptors (Lipinski definition) is 8. The molecule has 2 rings (SSSR count). The van der Waals surface area contributed by atoms with Crippen LogP contribution >= 0.6 is 0 Å². The standard InChI is InChI=1S/C18H22N6O3/c1-3-6-16(25)27-14-8-5-4-7-12(14)23-24-13-9-10-15(21-17(13)20)22-18(26)11(2)19/h4-5,7-11H,3,6,19H2,1-2H3,(H3,20,21,22,26)/b24-23+/t11-/m0/s1. The molecule has 0 saturated heterocycles. The van der Waals surface area contributed by atoms with Gasteiger partial charge in [0, 0.05) is 6.42 Å². The molecule has 142 valence electrons. The van der Waals surface area contributed by atoms with Gasteiger partial charge in [-0.05, 0) is 37.6 Å². The number of nitrogens with zero attached hydrogens (tertiary/aromatic N) is 3. The van der Waals surface area contributed by atoms with E-state index in [1.54, 1.807) is 37.3 Å². The number of ether oxygens (including phenoxy) is 1. The molecule has 1 aromatic carbocycles. The number of anilines is 2. The molecule has 0 radical (unpaired) electrons. The van der Waals surface area contributed by atoms with Crippen LogP contribution in [0, 0.1) is 0 Å². The number of carbonyl (C=O) groups excluding carboxylic acids is 2. The lowest BCUT2D eigenvalue weighted by molar-refractivity contribution is -0.134. The number of amides is 1. The third-order valence-electron chi connectivity index (χ3n) is 3.38. The molecule has 1 aromatic heterocycles. The van der Waals surface area contributed by atoms with E-state index in [1.807, 2.05) is 6.92 Å². The van der Waals surface area contributed by atoms with Crippen molar-refractivity contribution in [2.45, 2.75) is 32.7 Å². The molecular weight excluding hydrogens is 348 g/mol. The summed E-state index contributed by atoms with van der Waals surface area (Å²) in [4.78, 5) is 27.3. The molecule has 9 nitrogen and oxygen atoms in total. The lowest BCUT2D eigenvalue weighted by Crippen LogP contribution is -2.32. The first kappa shape index (κ1) is 20.0. The van der Waals surface area contributed by atoms with E-state index in [4.69, 9.17) is 16.2 Å². The van der Waals surface area contributed by atoms with E-state index in [-0.39, 0.29) is 23.5 Å². The minimum absolute atomic E-state index is 0.0849.